The number of nitrogens with zero attached hydrogens (tertiary/aromatic N) is 4. The first-order valence-corrected chi connectivity index (χ1v) is 13.3. The summed E-state index contributed by atoms with van der Waals surface area (Å²) >= 11 is 1.17. The Morgan fingerprint density at radius 3 is 1.77 bits per heavy atom. The molecular weight excluding hydrogens is 503 g/mol. The summed E-state index contributed by atoms with van der Waals surface area (Å²) in [5.41, 5.74) is 9.21. The van der Waals surface area contributed by atoms with Gasteiger partial charge in [-0.25, -0.2) is 9.37 Å². The van der Waals surface area contributed by atoms with Gasteiger partial charge < -0.3 is 0 Å². The van der Waals surface area contributed by atoms with Crippen LogP contribution in [0, 0.1) is 5.82 Å². The van der Waals surface area contributed by atoms with Gasteiger partial charge >= 0.3 is 0 Å². The van der Waals surface area contributed by atoms with Crippen LogP contribution in [0.2, 0.25) is 0 Å². The Balaban J connectivity index is 1.55. The summed E-state index contributed by atoms with van der Waals surface area (Å²) in [6.45, 7) is 0. The fraction of sp³-hybridized carbons (Fsp3) is 0. The van der Waals surface area contributed by atoms with Crippen LogP contribution in [0.1, 0.15) is 0 Å². The lowest BCUT2D eigenvalue weighted by Crippen LogP contribution is -2.00. The van der Waals surface area contributed by atoms with E-state index in [0.717, 1.165) is 61.8 Å². The largest absolute Gasteiger partial charge is 0.292 e. The molecule has 0 atom stereocenters. The zero-order chi connectivity index (χ0) is 26.2. The minimum absolute atomic E-state index is 0.269. The molecule has 0 aliphatic heterocycles. The number of para-hydroxylation sites is 1. The Labute approximate surface area is 229 Å². The van der Waals surface area contributed by atoms with Crippen LogP contribution in [0.15, 0.2) is 127 Å². The maximum Gasteiger partial charge on any atom is 0.148 e. The van der Waals surface area contributed by atoms with Crippen LogP contribution in [0.3, 0.4) is 0 Å². The van der Waals surface area contributed by atoms with Crippen molar-refractivity contribution in [3.63, 3.8) is 0 Å². The van der Waals surface area contributed by atoms with Crippen LogP contribution in [-0.4, -0.2) is 18.3 Å². The minimum atomic E-state index is -0.269. The number of hydrogen-bond acceptors (Lipinski definition) is 4. The molecule has 0 amide bonds. The SMILES string of the molecule is Fc1ccc(-c2ccc(-c3nc(-c4ccccc4)c(-c4ccccc4)n3-c3ccccc3)c3nsnc23)cc1. The second-order valence-corrected chi connectivity index (χ2v) is 9.69. The van der Waals surface area contributed by atoms with Crippen molar-refractivity contribution in [2.45, 2.75) is 0 Å². The summed E-state index contributed by atoms with van der Waals surface area (Å²) in [7, 11) is 0. The zero-order valence-corrected chi connectivity index (χ0v) is 21.5. The number of fused-ring (bicyclic) bond motifs is 1. The highest BCUT2D eigenvalue weighted by molar-refractivity contribution is 7.00. The molecule has 0 fully saturated rings. The van der Waals surface area contributed by atoms with Crippen LogP contribution in [0.25, 0.3) is 61.8 Å². The highest BCUT2D eigenvalue weighted by Crippen LogP contribution is 2.41. The van der Waals surface area contributed by atoms with Gasteiger partial charge in [0, 0.05) is 27.9 Å². The molecule has 7 aromatic rings. The van der Waals surface area contributed by atoms with Gasteiger partial charge in [0.15, 0.2) is 0 Å². The Hall–Kier alpha value is -4.94. The van der Waals surface area contributed by atoms with Gasteiger partial charge in [0.1, 0.15) is 22.7 Å². The number of aromatic nitrogens is 4. The molecule has 0 N–H and O–H groups in total. The molecule has 0 aliphatic carbocycles. The van der Waals surface area contributed by atoms with Gasteiger partial charge in [0.2, 0.25) is 0 Å². The number of hydrogen-bond donors (Lipinski definition) is 0. The topological polar surface area (TPSA) is 43.6 Å². The third-order valence-electron chi connectivity index (χ3n) is 6.80. The van der Waals surface area contributed by atoms with Crippen LogP contribution in [0.4, 0.5) is 4.39 Å². The summed E-state index contributed by atoms with van der Waals surface area (Å²) < 4.78 is 25.2. The molecule has 186 valence electrons. The van der Waals surface area contributed by atoms with Crippen molar-refractivity contribution < 1.29 is 4.39 Å². The molecule has 7 rings (SSSR count). The first-order chi connectivity index (χ1) is 19.3. The molecule has 0 radical (unpaired) electrons. The van der Waals surface area contributed by atoms with E-state index in [9.17, 15) is 4.39 Å². The van der Waals surface area contributed by atoms with Crippen LogP contribution in [0.5, 0.6) is 0 Å². The third kappa shape index (κ3) is 4.11. The number of benzene rings is 5. The predicted octanol–water partition coefficient (Wildman–Crippen LogP) is 8.68. The lowest BCUT2D eigenvalue weighted by molar-refractivity contribution is 0.628. The Morgan fingerprint density at radius 2 is 1.10 bits per heavy atom. The summed E-state index contributed by atoms with van der Waals surface area (Å²) in [4.78, 5) is 5.30. The van der Waals surface area contributed by atoms with Crippen molar-refractivity contribution in [3.05, 3.63) is 133 Å². The van der Waals surface area contributed by atoms with Crippen molar-refractivity contribution in [3.8, 4) is 50.7 Å². The average molecular weight is 525 g/mol. The van der Waals surface area contributed by atoms with Gasteiger partial charge in [-0.15, -0.1) is 0 Å². The van der Waals surface area contributed by atoms with Crippen molar-refractivity contribution in [1.29, 1.82) is 0 Å². The Bertz CT molecular complexity index is 1900. The third-order valence-corrected chi connectivity index (χ3v) is 7.33. The van der Waals surface area contributed by atoms with Gasteiger partial charge in [-0.05, 0) is 35.9 Å². The average Bonchev–Trinajstić information content (AvgIpc) is 3.65. The fourth-order valence-electron chi connectivity index (χ4n) is 5.00. The summed E-state index contributed by atoms with van der Waals surface area (Å²) in [5, 5.41) is 0. The summed E-state index contributed by atoms with van der Waals surface area (Å²) in [6, 6.07) is 41.4. The monoisotopic (exact) mass is 524 g/mol. The van der Waals surface area contributed by atoms with Crippen molar-refractivity contribution in [2.24, 2.45) is 0 Å². The van der Waals surface area contributed by atoms with E-state index in [1.165, 1.54) is 23.9 Å². The van der Waals surface area contributed by atoms with E-state index in [-0.39, 0.29) is 5.82 Å². The minimum Gasteiger partial charge on any atom is -0.292 e. The maximum absolute atomic E-state index is 13.6. The molecule has 0 saturated carbocycles. The Kier molecular flexibility index (Phi) is 5.79. The van der Waals surface area contributed by atoms with E-state index in [1.807, 2.05) is 66.7 Å². The van der Waals surface area contributed by atoms with Gasteiger partial charge in [-0.2, -0.15) is 8.75 Å². The normalized spacial score (nSPS) is 11.2. The number of imidazole rings is 1. The predicted molar refractivity (Wildman–Crippen MR) is 156 cm³/mol. The molecule has 0 unspecified atom stereocenters. The molecule has 2 heterocycles. The maximum atomic E-state index is 13.6. The second-order valence-electron chi connectivity index (χ2n) is 9.16. The smallest absolute Gasteiger partial charge is 0.148 e. The second kappa shape index (κ2) is 9.74. The number of rotatable bonds is 5. The van der Waals surface area contributed by atoms with Gasteiger partial charge in [0.05, 0.1) is 23.1 Å². The standard InChI is InChI=1S/C33H21FN4S/c34-25-18-16-22(17-19-25)27-20-21-28(31-30(27)36-39-37-31)33-35-29(23-10-4-1-5-11-23)32(24-12-6-2-7-13-24)38(33)26-14-8-3-9-15-26/h1-21H. The zero-order valence-electron chi connectivity index (χ0n) is 20.7. The fourth-order valence-corrected chi connectivity index (χ4v) is 5.57. The van der Waals surface area contributed by atoms with Gasteiger partial charge in [0.25, 0.3) is 0 Å². The summed E-state index contributed by atoms with van der Waals surface area (Å²) in [5.74, 6) is 0.511. The van der Waals surface area contributed by atoms with E-state index < -0.39 is 0 Å². The molecule has 6 heteroatoms. The molecule has 0 aliphatic rings. The van der Waals surface area contributed by atoms with Gasteiger partial charge in [-0.3, -0.25) is 4.57 Å². The highest BCUT2D eigenvalue weighted by Gasteiger charge is 2.25. The molecule has 5 aromatic carbocycles. The first kappa shape index (κ1) is 23.2. The van der Waals surface area contributed by atoms with Crippen molar-refractivity contribution in [2.75, 3.05) is 0 Å². The van der Waals surface area contributed by atoms with Crippen LogP contribution >= 0.6 is 11.7 Å². The Morgan fingerprint density at radius 1 is 0.538 bits per heavy atom. The molecule has 2 aromatic heterocycles. The van der Waals surface area contributed by atoms with E-state index in [1.54, 1.807) is 12.1 Å². The van der Waals surface area contributed by atoms with E-state index >= 15 is 0 Å². The molecular formula is C33H21FN4S. The lowest BCUT2D eigenvalue weighted by atomic mass is 10.0. The first-order valence-electron chi connectivity index (χ1n) is 12.6. The highest BCUT2D eigenvalue weighted by atomic mass is 32.1. The molecule has 0 spiro atoms. The van der Waals surface area contributed by atoms with E-state index in [0.29, 0.717) is 0 Å². The quantitative estimate of drug-likeness (QED) is 0.226. The molecule has 4 nitrogen and oxygen atoms in total. The van der Waals surface area contributed by atoms with Crippen LogP contribution < -0.4 is 0 Å². The lowest BCUT2D eigenvalue weighted by Gasteiger charge is -2.14. The molecule has 0 bridgehead atoms. The summed E-state index contributed by atoms with van der Waals surface area (Å²) in [6.07, 6.45) is 0. The van der Waals surface area contributed by atoms with Crippen LogP contribution in [-0.2, 0) is 0 Å². The number of halogens is 1. The van der Waals surface area contributed by atoms with E-state index in [4.69, 9.17) is 9.36 Å². The molecule has 0 saturated heterocycles. The van der Waals surface area contributed by atoms with Crippen molar-refractivity contribution in [1.82, 2.24) is 18.3 Å². The van der Waals surface area contributed by atoms with E-state index in [2.05, 4.69) is 45.3 Å². The molecule has 39 heavy (non-hydrogen) atoms. The van der Waals surface area contributed by atoms with Crippen molar-refractivity contribution >= 4 is 22.8 Å². The van der Waals surface area contributed by atoms with Gasteiger partial charge in [-0.1, -0.05) is 97.1 Å².